The van der Waals surface area contributed by atoms with Gasteiger partial charge in [-0.3, -0.25) is 0 Å². The minimum atomic E-state index is -0.495. The van der Waals surface area contributed by atoms with Crippen molar-refractivity contribution in [2.75, 3.05) is 6.61 Å². The lowest BCUT2D eigenvalue weighted by molar-refractivity contribution is 0.115. The average molecular weight is 311 g/mol. The van der Waals surface area contributed by atoms with Gasteiger partial charge in [-0.15, -0.1) is 12.4 Å². The molecule has 1 aromatic rings. The van der Waals surface area contributed by atoms with E-state index in [1.54, 1.807) is 18.2 Å². The van der Waals surface area contributed by atoms with Gasteiger partial charge in [-0.1, -0.05) is 12.1 Å². The number of amides is 1. The van der Waals surface area contributed by atoms with Crippen LogP contribution in [0.15, 0.2) is 22.7 Å². The Balaban J connectivity index is 0.00000128. The van der Waals surface area contributed by atoms with E-state index in [1.807, 2.05) is 0 Å². The van der Waals surface area contributed by atoms with E-state index >= 15 is 0 Å². The lowest BCUT2D eigenvalue weighted by atomic mass is 10.0. The number of cyclic esters (lactones) is 1. The Morgan fingerprint density at radius 1 is 1.50 bits per heavy atom. The first-order valence-electron chi connectivity index (χ1n) is 4.55. The third kappa shape index (κ3) is 2.65. The van der Waals surface area contributed by atoms with Crippen molar-refractivity contribution in [2.24, 2.45) is 0 Å². The molecule has 0 bridgehead atoms. The molecule has 0 unspecified atom stereocenters. The minimum Gasteiger partial charge on any atom is -0.449 e. The largest absolute Gasteiger partial charge is 0.449 e. The molecule has 1 fully saturated rings. The van der Waals surface area contributed by atoms with E-state index in [0.29, 0.717) is 23.1 Å². The fraction of sp³-hybridized carbons (Fsp3) is 0.300. The van der Waals surface area contributed by atoms with Crippen LogP contribution in [0.25, 0.3) is 0 Å². The molecule has 3 nitrogen and oxygen atoms in total. The van der Waals surface area contributed by atoms with Crippen molar-refractivity contribution >= 4 is 34.4 Å². The van der Waals surface area contributed by atoms with Gasteiger partial charge in [0.2, 0.25) is 0 Å². The van der Waals surface area contributed by atoms with Gasteiger partial charge >= 0.3 is 6.09 Å². The van der Waals surface area contributed by atoms with Crippen LogP contribution in [-0.2, 0) is 4.74 Å². The van der Waals surface area contributed by atoms with Gasteiger partial charge in [0.1, 0.15) is 5.82 Å². The zero-order valence-corrected chi connectivity index (χ0v) is 10.6. The summed E-state index contributed by atoms with van der Waals surface area (Å²) in [5.41, 5.74) is 0.487. The van der Waals surface area contributed by atoms with Gasteiger partial charge in [0.05, 0.1) is 17.1 Å². The zero-order valence-electron chi connectivity index (χ0n) is 8.20. The molecule has 2 rings (SSSR count). The number of rotatable bonds is 1. The first kappa shape index (κ1) is 13.3. The summed E-state index contributed by atoms with van der Waals surface area (Å²) in [4.78, 5) is 11.0. The molecule has 16 heavy (non-hydrogen) atoms. The van der Waals surface area contributed by atoms with Gasteiger partial charge in [-0.05, 0) is 22.0 Å². The third-order valence-electron chi connectivity index (χ3n) is 2.29. The SMILES string of the molecule is Cl.O=C1N[C@@H](c2cccc(Br)c2F)CCO1. The molecule has 6 heteroatoms. The molecule has 0 aromatic heterocycles. The Bertz CT molecular complexity index is 402. The van der Waals surface area contributed by atoms with Crippen LogP contribution in [0.3, 0.4) is 0 Å². The van der Waals surface area contributed by atoms with Crippen molar-refractivity contribution in [3.05, 3.63) is 34.1 Å². The second-order valence-corrected chi connectivity index (χ2v) is 4.12. The Kier molecular flexibility index (Phi) is 4.56. The van der Waals surface area contributed by atoms with Crippen LogP contribution in [0.2, 0.25) is 0 Å². The summed E-state index contributed by atoms with van der Waals surface area (Å²) in [7, 11) is 0. The summed E-state index contributed by atoms with van der Waals surface area (Å²) < 4.78 is 18.8. The van der Waals surface area contributed by atoms with E-state index in [-0.39, 0.29) is 24.3 Å². The van der Waals surface area contributed by atoms with Crippen LogP contribution in [-0.4, -0.2) is 12.7 Å². The number of hydrogen-bond acceptors (Lipinski definition) is 2. The number of hydrogen-bond donors (Lipinski definition) is 1. The number of carbonyl (C=O) groups excluding carboxylic acids is 1. The number of nitrogens with one attached hydrogen (secondary N) is 1. The van der Waals surface area contributed by atoms with E-state index in [9.17, 15) is 9.18 Å². The van der Waals surface area contributed by atoms with Crippen molar-refractivity contribution < 1.29 is 13.9 Å². The number of ether oxygens (including phenoxy) is 1. The molecule has 1 atom stereocenters. The molecule has 1 aromatic carbocycles. The summed E-state index contributed by atoms with van der Waals surface area (Å²) in [5, 5.41) is 2.58. The molecule has 88 valence electrons. The van der Waals surface area contributed by atoms with Crippen molar-refractivity contribution in [1.29, 1.82) is 0 Å². The van der Waals surface area contributed by atoms with E-state index in [2.05, 4.69) is 21.2 Å². The Morgan fingerprint density at radius 2 is 2.25 bits per heavy atom. The third-order valence-corrected chi connectivity index (χ3v) is 2.90. The molecule has 1 aliphatic heterocycles. The first-order valence-corrected chi connectivity index (χ1v) is 5.35. The molecule has 1 aliphatic rings. The highest BCUT2D eigenvalue weighted by molar-refractivity contribution is 9.10. The summed E-state index contributed by atoms with van der Waals surface area (Å²) >= 11 is 3.11. The molecular formula is C10H10BrClFNO2. The van der Waals surface area contributed by atoms with Crippen LogP contribution in [0.4, 0.5) is 9.18 Å². The van der Waals surface area contributed by atoms with Gasteiger partial charge in [0.25, 0.3) is 0 Å². The predicted octanol–water partition coefficient (Wildman–Crippen LogP) is 3.18. The van der Waals surface area contributed by atoms with Crippen LogP contribution >= 0.6 is 28.3 Å². The molecule has 1 N–H and O–H groups in total. The molecule has 0 spiro atoms. The minimum absolute atomic E-state index is 0. The smallest absolute Gasteiger partial charge is 0.407 e. The topological polar surface area (TPSA) is 38.3 Å². The quantitative estimate of drug-likeness (QED) is 0.865. The van der Waals surface area contributed by atoms with E-state index in [1.165, 1.54) is 0 Å². The van der Waals surface area contributed by atoms with Crippen LogP contribution in [0, 0.1) is 5.82 Å². The predicted molar refractivity (Wildman–Crippen MR) is 63.2 cm³/mol. The number of carbonyl (C=O) groups is 1. The maximum atomic E-state index is 13.7. The highest BCUT2D eigenvalue weighted by atomic mass is 79.9. The number of benzene rings is 1. The molecule has 0 radical (unpaired) electrons. The summed E-state index contributed by atoms with van der Waals surface area (Å²) in [6.45, 7) is 0.322. The zero-order chi connectivity index (χ0) is 10.8. The van der Waals surface area contributed by atoms with Crippen molar-refractivity contribution in [1.82, 2.24) is 5.32 Å². The standard InChI is InChI=1S/C10H9BrFNO2.ClH/c11-7-3-1-2-6(9(7)12)8-4-5-15-10(14)13-8;/h1-3,8H,4-5H2,(H,13,14);1H/t8-;/m1./s1. The highest BCUT2D eigenvalue weighted by Gasteiger charge is 2.23. The van der Waals surface area contributed by atoms with Gasteiger partial charge in [-0.25, -0.2) is 9.18 Å². The maximum Gasteiger partial charge on any atom is 0.407 e. The van der Waals surface area contributed by atoms with Crippen molar-refractivity contribution in [3.63, 3.8) is 0 Å². The van der Waals surface area contributed by atoms with E-state index in [0.717, 1.165) is 0 Å². The number of alkyl carbamates (subject to hydrolysis) is 1. The monoisotopic (exact) mass is 309 g/mol. The molecule has 1 saturated heterocycles. The van der Waals surface area contributed by atoms with Crippen LogP contribution in [0.5, 0.6) is 0 Å². The molecular weight excluding hydrogens is 300 g/mol. The lowest BCUT2D eigenvalue weighted by Crippen LogP contribution is -2.35. The Hall–Kier alpha value is -0.810. The second kappa shape index (κ2) is 5.50. The van der Waals surface area contributed by atoms with E-state index < -0.39 is 6.09 Å². The maximum absolute atomic E-state index is 13.7. The van der Waals surface area contributed by atoms with Crippen LogP contribution < -0.4 is 5.32 Å². The van der Waals surface area contributed by atoms with E-state index in [4.69, 9.17) is 4.74 Å². The number of halogens is 3. The fourth-order valence-electron chi connectivity index (χ4n) is 1.55. The summed E-state index contributed by atoms with van der Waals surface area (Å²) in [6.07, 6.45) is 0.0877. The van der Waals surface area contributed by atoms with Crippen molar-refractivity contribution in [2.45, 2.75) is 12.5 Å². The summed E-state index contributed by atoms with van der Waals surface area (Å²) in [6, 6.07) is 4.73. The van der Waals surface area contributed by atoms with Gasteiger partial charge < -0.3 is 10.1 Å². The van der Waals surface area contributed by atoms with Crippen molar-refractivity contribution in [3.8, 4) is 0 Å². The van der Waals surface area contributed by atoms with Gasteiger partial charge in [0, 0.05) is 12.0 Å². The fourth-order valence-corrected chi connectivity index (χ4v) is 1.93. The molecule has 0 aliphatic carbocycles. The summed E-state index contributed by atoms with van der Waals surface area (Å²) in [5.74, 6) is -0.329. The van der Waals surface area contributed by atoms with Crippen LogP contribution in [0.1, 0.15) is 18.0 Å². The molecule has 1 amide bonds. The average Bonchev–Trinajstić information content (AvgIpc) is 2.22. The van der Waals surface area contributed by atoms with Gasteiger partial charge in [0.15, 0.2) is 0 Å². The molecule has 0 saturated carbocycles. The Labute approximate surface area is 107 Å². The highest BCUT2D eigenvalue weighted by Crippen LogP contribution is 2.27. The first-order chi connectivity index (χ1) is 7.18. The Morgan fingerprint density at radius 3 is 2.94 bits per heavy atom. The normalized spacial score (nSPS) is 19.4. The molecule has 1 heterocycles. The lowest BCUT2D eigenvalue weighted by Gasteiger charge is -2.24. The second-order valence-electron chi connectivity index (χ2n) is 3.26. The van der Waals surface area contributed by atoms with Gasteiger partial charge in [-0.2, -0.15) is 0 Å².